The molecule has 0 aliphatic rings. The number of nitrogens with zero attached hydrogens (tertiary/aromatic N) is 1. The minimum atomic E-state index is 0.649. The van der Waals surface area contributed by atoms with Crippen LogP contribution in [0.4, 0.5) is 5.69 Å². The molecule has 0 radical (unpaired) electrons. The average molecular weight is 265 g/mol. The number of benzene rings is 1. The molecule has 0 aliphatic carbocycles. The molecule has 106 valence electrons. The first-order valence-corrected chi connectivity index (χ1v) is 6.78. The van der Waals surface area contributed by atoms with Crippen LogP contribution in [0.2, 0.25) is 0 Å². The Kier molecular flexibility index (Phi) is 7.86. The summed E-state index contributed by atoms with van der Waals surface area (Å²) in [7, 11) is 0. The highest BCUT2D eigenvalue weighted by molar-refractivity contribution is 5.84. The van der Waals surface area contributed by atoms with Crippen LogP contribution in [0.5, 0.6) is 0 Å². The first-order chi connectivity index (χ1) is 9.33. The van der Waals surface area contributed by atoms with Gasteiger partial charge in [-0.2, -0.15) is 0 Å². The fraction of sp³-hybridized carbons (Fsp3) is 0.533. The second-order valence-electron chi connectivity index (χ2n) is 4.06. The van der Waals surface area contributed by atoms with E-state index in [1.165, 1.54) is 0 Å². The summed E-state index contributed by atoms with van der Waals surface area (Å²) in [6, 6.07) is 7.60. The van der Waals surface area contributed by atoms with Gasteiger partial charge in [0.2, 0.25) is 0 Å². The van der Waals surface area contributed by atoms with Crippen LogP contribution in [-0.2, 0) is 9.47 Å². The maximum absolute atomic E-state index is 11.1. The number of carbonyl (C=O) groups is 1. The molecular weight excluding hydrogens is 242 g/mol. The Hall–Kier alpha value is -1.39. The van der Waals surface area contributed by atoms with E-state index in [0.717, 1.165) is 25.1 Å². The molecule has 1 aromatic carbocycles. The maximum Gasteiger partial charge on any atom is 0.152 e. The molecule has 4 heteroatoms. The van der Waals surface area contributed by atoms with Crippen molar-refractivity contribution in [2.75, 3.05) is 44.4 Å². The number of anilines is 1. The van der Waals surface area contributed by atoms with Crippen LogP contribution < -0.4 is 4.90 Å². The van der Waals surface area contributed by atoms with Gasteiger partial charge in [0.15, 0.2) is 6.29 Å². The largest absolute Gasteiger partial charge is 0.380 e. The lowest BCUT2D eigenvalue weighted by Crippen LogP contribution is -2.31. The lowest BCUT2D eigenvalue weighted by molar-refractivity contribution is 0.112. The molecule has 0 saturated carbocycles. The van der Waals surface area contributed by atoms with E-state index in [9.17, 15) is 4.79 Å². The summed E-state index contributed by atoms with van der Waals surface area (Å²) in [6.07, 6.45) is 0.893. The Bertz CT molecular complexity index is 358. The Labute approximate surface area is 115 Å². The molecule has 1 rings (SSSR count). The Morgan fingerprint density at radius 2 is 1.63 bits per heavy atom. The van der Waals surface area contributed by atoms with Crippen molar-refractivity contribution in [2.45, 2.75) is 13.8 Å². The van der Waals surface area contributed by atoms with Gasteiger partial charge in [0.25, 0.3) is 0 Å². The summed E-state index contributed by atoms with van der Waals surface area (Å²) in [6.45, 7) is 8.17. The number of hydrogen-bond donors (Lipinski definition) is 0. The van der Waals surface area contributed by atoms with Crippen LogP contribution in [0.3, 0.4) is 0 Å². The van der Waals surface area contributed by atoms with E-state index in [2.05, 4.69) is 4.90 Å². The number of rotatable bonds is 10. The van der Waals surface area contributed by atoms with Crippen LogP contribution in [-0.4, -0.2) is 45.8 Å². The maximum atomic E-state index is 11.1. The van der Waals surface area contributed by atoms with Crippen molar-refractivity contribution in [2.24, 2.45) is 0 Å². The number of aldehydes is 1. The van der Waals surface area contributed by atoms with Crippen LogP contribution in [0.15, 0.2) is 24.3 Å². The number of ether oxygens (including phenoxy) is 2. The molecule has 0 spiro atoms. The fourth-order valence-corrected chi connectivity index (χ4v) is 1.87. The summed E-state index contributed by atoms with van der Waals surface area (Å²) < 4.78 is 10.8. The lowest BCUT2D eigenvalue weighted by atomic mass is 10.1. The van der Waals surface area contributed by atoms with E-state index in [4.69, 9.17) is 9.47 Å². The highest BCUT2D eigenvalue weighted by Gasteiger charge is 2.10. The van der Waals surface area contributed by atoms with Gasteiger partial charge in [-0.25, -0.2) is 0 Å². The summed E-state index contributed by atoms with van der Waals surface area (Å²) in [5.74, 6) is 0. The quantitative estimate of drug-likeness (QED) is 0.481. The molecule has 0 bridgehead atoms. The van der Waals surface area contributed by atoms with Gasteiger partial charge in [-0.15, -0.1) is 0 Å². The molecule has 4 nitrogen and oxygen atoms in total. The van der Waals surface area contributed by atoms with Crippen molar-refractivity contribution in [3.63, 3.8) is 0 Å². The second kappa shape index (κ2) is 9.53. The van der Waals surface area contributed by atoms with E-state index in [0.29, 0.717) is 32.0 Å². The molecule has 0 fully saturated rings. The van der Waals surface area contributed by atoms with Crippen LogP contribution in [0.25, 0.3) is 0 Å². The molecule has 0 atom stereocenters. The molecule has 1 aromatic rings. The Morgan fingerprint density at radius 1 is 1.05 bits per heavy atom. The van der Waals surface area contributed by atoms with Gasteiger partial charge in [0, 0.05) is 37.6 Å². The lowest BCUT2D eigenvalue weighted by Gasteiger charge is -2.25. The second-order valence-corrected chi connectivity index (χ2v) is 4.06. The molecule has 19 heavy (non-hydrogen) atoms. The van der Waals surface area contributed by atoms with E-state index in [-0.39, 0.29) is 0 Å². The molecule has 0 amide bonds. The zero-order valence-electron chi connectivity index (χ0n) is 11.8. The molecule has 0 aliphatic heterocycles. The standard InChI is InChI=1S/C15H23NO3/c1-3-18-11-9-16(10-12-19-4-2)15-8-6-5-7-14(15)13-17/h5-8,13H,3-4,9-12H2,1-2H3. The summed E-state index contributed by atoms with van der Waals surface area (Å²) >= 11 is 0. The molecular formula is C15H23NO3. The van der Waals surface area contributed by atoms with Crippen molar-refractivity contribution in [1.29, 1.82) is 0 Å². The normalized spacial score (nSPS) is 10.4. The van der Waals surface area contributed by atoms with E-state index in [1.807, 2.05) is 38.1 Å². The van der Waals surface area contributed by atoms with E-state index < -0.39 is 0 Å². The third-order valence-corrected chi connectivity index (χ3v) is 2.82. The molecule has 0 unspecified atom stereocenters. The number of hydrogen-bond acceptors (Lipinski definition) is 4. The molecule has 0 aromatic heterocycles. The summed E-state index contributed by atoms with van der Waals surface area (Å²) in [4.78, 5) is 13.2. The molecule has 0 heterocycles. The number of para-hydroxylation sites is 1. The minimum absolute atomic E-state index is 0.649. The fourth-order valence-electron chi connectivity index (χ4n) is 1.87. The SMILES string of the molecule is CCOCCN(CCOCC)c1ccccc1C=O. The summed E-state index contributed by atoms with van der Waals surface area (Å²) in [5.41, 5.74) is 1.65. The van der Waals surface area contributed by atoms with Gasteiger partial charge in [-0.05, 0) is 26.0 Å². The Morgan fingerprint density at radius 3 is 2.16 bits per heavy atom. The van der Waals surface area contributed by atoms with Crippen LogP contribution >= 0.6 is 0 Å². The first-order valence-electron chi connectivity index (χ1n) is 6.78. The zero-order chi connectivity index (χ0) is 13.9. The van der Waals surface area contributed by atoms with Gasteiger partial charge in [-0.1, -0.05) is 12.1 Å². The predicted octanol–water partition coefficient (Wildman–Crippen LogP) is 2.38. The zero-order valence-corrected chi connectivity index (χ0v) is 11.8. The van der Waals surface area contributed by atoms with Crippen molar-refractivity contribution in [1.82, 2.24) is 0 Å². The highest BCUT2D eigenvalue weighted by atomic mass is 16.5. The summed E-state index contributed by atoms with van der Waals surface area (Å²) in [5, 5.41) is 0. The number of carbonyl (C=O) groups excluding carboxylic acids is 1. The molecule has 0 N–H and O–H groups in total. The van der Waals surface area contributed by atoms with Crippen LogP contribution in [0.1, 0.15) is 24.2 Å². The smallest absolute Gasteiger partial charge is 0.152 e. The highest BCUT2D eigenvalue weighted by Crippen LogP contribution is 2.18. The molecule has 0 saturated heterocycles. The van der Waals surface area contributed by atoms with Crippen molar-refractivity contribution >= 4 is 12.0 Å². The predicted molar refractivity (Wildman–Crippen MR) is 77.0 cm³/mol. The van der Waals surface area contributed by atoms with Crippen molar-refractivity contribution in [3.8, 4) is 0 Å². The van der Waals surface area contributed by atoms with Gasteiger partial charge in [0.05, 0.1) is 13.2 Å². The minimum Gasteiger partial charge on any atom is -0.380 e. The monoisotopic (exact) mass is 265 g/mol. The topological polar surface area (TPSA) is 38.8 Å². The average Bonchev–Trinajstić information content (AvgIpc) is 2.46. The third-order valence-electron chi connectivity index (χ3n) is 2.82. The van der Waals surface area contributed by atoms with Crippen molar-refractivity contribution < 1.29 is 14.3 Å². The first kappa shape index (κ1) is 15.7. The van der Waals surface area contributed by atoms with Crippen LogP contribution in [0, 0.1) is 0 Å². The van der Waals surface area contributed by atoms with Gasteiger partial charge in [0.1, 0.15) is 0 Å². The van der Waals surface area contributed by atoms with Gasteiger partial charge >= 0.3 is 0 Å². The van der Waals surface area contributed by atoms with Gasteiger partial charge in [-0.3, -0.25) is 4.79 Å². The van der Waals surface area contributed by atoms with E-state index >= 15 is 0 Å². The third kappa shape index (κ3) is 5.41. The van der Waals surface area contributed by atoms with E-state index in [1.54, 1.807) is 0 Å². The van der Waals surface area contributed by atoms with Gasteiger partial charge < -0.3 is 14.4 Å². The Balaban J connectivity index is 2.72. The van der Waals surface area contributed by atoms with Crippen molar-refractivity contribution in [3.05, 3.63) is 29.8 Å².